The maximum atomic E-state index is 12.9. The molecule has 2 fully saturated rings. The highest BCUT2D eigenvalue weighted by Crippen LogP contribution is 2.41. The fourth-order valence-electron chi connectivity index (χ4n) is 2.99. The summed E-state index contributed by atoms with van der Waals surface area (Å²) >= 11 is 2.32. The molecule has 0 bridgehead atoms. The summed E-state index contributed by atoms with van der Waals surface area (Å²) < 4.78 is 4.48. The summed E-state index contributed by atoms with van der Waals surface area (Å²) in [7, 11) is 0. The molecule has 1 aromatic heterocycles. The van der Waals surface area contributed by atoms with Crippen LogP contribution in [0.4, 0.5) is 5.13 Å². The Labute approximate surface area is 189 Å². The number of thioether (sulfide) groups is 1. The molecule has 1 aromatic rings. The number of amides is 3. The lowest BCUT2D eigenvalue weighted by Crippen LogP contribution is -2.73. The summed E-state index contributed by atoms with van der Waals surface area (Å²) in [6.45, 7) is 1.65. The van der Waals surface area contributed by atoms with Crippen LogP contribution in [0, 0.1) is 5.41 Å². The molecule has 15 heteroatoms. The van der Waals surface area contributed by atoms with Crippen molar-refractivity contribution < 1.29 is 38.7 Å². The summed E-state index contributed by atoms with van der Waals surface area (Å²) in [5.74, 6) is -1.84. The molecule has 0 spiro atoms. The van der Waals surface area contributed by atoms with Crippen LogP contribution in [0.1, 0.15) is 12.6 Å². The van der Waals surface area contributed by atoms with Gasteiger partial charge in [0.2, 0.25) is 12.3 Å². The summed E-state index contributed by atoms with van der Waals surface area (Å²) in [5, 5.41) is 19.4. The molecule has 13 nitrogen and oxygen atoms in total. The zero-order valence-corrected chi connectivity index (χ0v) is 18.3. The summed E-state index contributed by atoms with van der Waals surface area (Å²) in [6.07, 6.45) is 0.430. The Morgan fingerprint density at radius 2 is 2.22 bits per heavy atom. The molecule has 2 saturated heterocycles. The van der Waals surface area contributed by atoms with Crippen LogP contribution in [-0.4, -0.2) is 88.3 Å². The van der Waals surface area contributed by atoms with E-state index in [1.54, 1.807) is 6.92 Å². The molecule has 0 aliphatic carbocycles. The molecule has 3 amide bonds. The second-order valence-electron chi connectivity index (χ2n) is 7.02. The van der Waals surface area contributed by atoms with Gasteiger partial charge in [-0.25, -0.2) is 4.98 Å². The quantitative estimate of drug-likeness (QED) is 0.117. The maximum Gasteiger partial charge on any atom is 0.312 e. The van der Waals surface area contributed by atoms with Gasteiger partial charge in [0.15, 0.2) is 17.5 Å². The molecule has 2 unspecified atom stereocenters. The Morgan fingerprint density at radius 3 is 2.91 bits per heavy atom. The topological polar surface area (TPSA) is 177 Å². The fraction of sp³-hybridized carbons (Fsp3) is 0.471. The number of aromatic nitrogens is 1. The number of thiazole rings is 1. The third-order valence-electron chi connectivity index (χ3n) is 4.70. The molecule has 172 valence electrons. The van der Waals surface area contributed by atoms with Crippen LogP contribution < -0.4 is 10.6 Å². The van der Waals surface area contributed by atoms with Crippen molar-refractivity contribution in [3.05, 3.63) is 11.1 Å². The monoisotopic (exact) mass is 485 g/mol. The van der Waals surface area contributed by atoms with Crippen LogP contribution in [0.25, 0.3) is 0 Å². The number of rotatable bonds is 11. The Balaban J connectivity index is 1.70. The molecule has 2 aliphatic rings. The van der Waals surface area contributed by atoms with E-state index in [1.165, 1.54) is 22.0 Å². The molecule has 3 heterocycles. The lowest BCUT2D eigenvalue weighted by atomic mass is 9.89. The highest BCUT2D eigenvalue weighted by Gasteiger charge is 2.56. The SMILES string of the molecule is CC1(C(=O)O)CS[C@@H]2C(NC(=O)C(=NOCCOC=O)c3csc(NC=O)n3)C(=O)N2C1. The first-order chi connectivity index (χ1) is 15.3. The number of carboxylic acid groups (broad SMARTS) is 1. The van der Waals surface area contributed by atoms with E-state index >= 15 is 0 Å². The molecular formula is C17H19N5O8S2. The number of anilines is 1. The largest absolute Gasteiger partial charge is 0.481 e. The van der Waals surface area contributed by atoms with Gasteiger partial charge in [0.05, 0.1) is 5.41 Å². The third-order valence-corrected chi connectivity index (χ3v) is 7.14. The molecule has 0 saturated carbocycles. The average molecular weight is 486 g/mol. The van der Waals surface area contributed by atoms with Gasteiger partial charge < -0.3 is 30.2 Å². The fourth-order valence-corrected chi connectivity index (χ4v) is 5.13. The van der Waals surface area contributed by atoms with Gasteiger partial charge >= 0.3 is 5.97 Å². The second-order valence-corrected chi connectivity index (χ2v) is 8.99. The lowest BCUT2D eigenvalue weighted by molar-refractivity contribution is -0.157. The number of hydrogen-bond acceptors (Lipinski definition) is 11. The number of nitrogens with zero attached hydrogens (tertiary/aromatic N) is 3. The normalized spacial score (nSPS) is 24.6. The van der Waals surface area contributed by atoms with E-state index in [9.17, 15) is 29.1 Å². The molecule has 3 rings (SSSR count). The first kappa shape index (κ1) is 23.5. The van der Waals surface area contributed by atoms with Crippen molar-refractivity contribution in [1.29, 1.82) is 0 Å². The minimum absolute atomic E-state index is 0.0544. The van der Waals surface area contributed by atoms with Crippen molar-refractivity contribution in [2.45, 2.75) is 18.3 Å². The number of aliphatic carboxylic acids is 1. The second kappa shape index (κ2) is 9.95. The van der Waals surface area contributed by atoms with E-state index in [-0.39, 0.29) is 48.5 Å². The number of hydrogen-bond donors (Lipinski definition) is 3. The van der Waals surface area contributed by atoms with Gasteiger partial charge in [-0.2, -0.15) is 0 Å². The molecule has 3 atom stereocenters. The molecule has 0 aromatic carbocycles. The Bertz CT molecular complexity index is 953. The number of carbonyl (C=O) groups is 5. The van der Waals surface area contributed by atoms with Gasteiger partial charge in [-0.3, -0.25) is 24.0 Å². The van der Waals surface area contributed by atoms with Crippen molar-refractivity contribution in [2.75, 3.05) is 30.8 Å². The smallest absolute Gasteiger partial charge is 0.312 e. The van der Waals surface area contributed by atoms with E-state index in [0.29, 0.717) is 6.41 Å². The van der Waals surface area contributed by atoms with E-state index in [4.69, 9.17) is 4.84 Å². The Hall–Kier alpha value is -3.20. The molecule has 32 heavy (non-hydrogen) atoms. The van der Waals surface area contributed by atoms with Crippen LogP contribution in [0.3, 0.4) is 0 Å². The summed E-state index contributed by atoms with van der Waals surface area (Å²) in [6, 6.07) is -0.861. The van der Waals surface area contributed by atoms with Crippen molar-refractivity contribution in [3.8, 4) is 0 Å². The predicted molar refractivity (Wildman–Crippen MR) is 112 cm³/mol. The maximum absolute atomic E-state index is 12.9. The average Bonchev–Trinajstić information content (AvgIpc) is 3.22. The molecule has 0 radical (unpaired) electrons. The standard InChI is InChI=1S/C17H19N5O8S2/c1-17(15(27)28)5-22-13(26)11(14(22)32-6-17)20-12(25)10(21-30-3-2-29-8-24)9-4-31-16(19-9)18-7-23/h4,7-8,11,14H,2-3,5-6H2,1H3,(H,20,25)(H,27,28)(H,18,19,23)/t11?,14-,17?/m1/s1. The molecular weight excluding hydrogens is 466 g/mol. The van der Waals surface area contributed by atoms with Crippen molar-refractivity contribution in [1.82, 2.24) is 15.2 Å². The van der Waals surface area contributed by atoms with E-state index in [1.807, 2.05) is 0 Å². The van der Waals surface area contributed by atoms with Gasteiger partial charge in [0.1, 0.15) is 23.7 Å². The van der Waals surface area contributed by atoms with E-state index in [0.717, 1.165) is 11.3 Å². The predicted octanol–water partition coefficient (Wildman–Crippen LogP) is -0.904. The highest BCUT2D eigenvalue weighted by molar-refractivity contribution is 8.00. The minimum atomic E-state index is -1.06. The zero-order chi connectivity index (χ0) is 23.3. The van der Waals surface area contributed by atoms with E-state index in [2.05, 4.69) is 25.5 Å². The van der Waals surface area contributed by atoms with Gasteiger partial charge in [-0.15, -0.1) is 23.1 Å². The number of fused-ring (bicyclic) bond motifs is 1. The van der Waals surface area contributed by atoms with Crippen LogP contribution in [0.15, 0.2) is 10.5 Å². The lowest BCUT2D eigenvalue weighted by Gasteiger charge is -2.53. The van der Waals surface area contributed by atoms with Crippen LogP contribution >= 0.6 is 23.1 Å². The highest BCUT2D eigenvalue weighted by atomic mass is 32.2. The molecule has 3 N–H and O–H groups in total. The van der Waals surface area contributed by atoms with Crippen LogP contribution in [-0.2, 0) is 33.5 Å². The van der Waals surface area contributed by atoms with Gasteiger partial charge in [0, 0.05) is 17.7 Å². The van der Waals surface area contributed by atoms with Crippen molar-refractivity contribution in [2.24, 2.45) is 10.6 Å². The number of oxime groups is 1. The number of carbonyl (C=O) groups excluding carboxylic acids is 4. The minimum Gasteiger partial charge on any atom is -0.481 e. The molecule has 2 aliphatic heterocycles. The summed E-state index contributed by atoms with van der Waals surface area (Å²) in [4.78, 5) is 68.2. The van der Waals surface area contributed by atoms with Gasteiger partial charge in [0.25, 0.3) is 12.4 Å². The van der Waals surface area contributed by atoms with Crippen molar-refractivity contribution >= 4 is 64.6 Å². The number of β-lactam (4-membered cyclic amide) rings is 1. The Morgan fingerprint density at radius 1 is 1.44 bits per heavy atom. The van der Waals surface area contributed by atoms with Crippen molar-refractivity contribution in [3.63, 3.8) is 0 Å². The van der Waals surface area contributed by atoms with Crippen LogP contribution in [0.2, 0.25) is 0 Å². The summed E-state index contributed by atoms with van der Waals surface area (Å²) in [5.41, 5.74) is -1.20. The Kier molecular flexibility index (Phi) is 7.29. The first-order valence-corrected chi connectivity index (χ1v) is 11.1. The zero-order valence-electron chi connectivity index (χ0n) is 16.7. The third kappa shape index (κ3) is 4.83. The number of nitrogens with one attached hydrogen (secondary N) is 2. The van der Waals surface area contributed by atoms with Gasteiger partial charge in [-0.1, -0.05) is 5.16 Å². The number of ether oxygens (including phenoxy) is 1. The van der Waals surface area contributed by atoms with Gasteiger partial charge in [-0.05, 0) is 6.92 Å². The van der Waals surface area contributed by atoms with E-state index < -0.39 is 34.6 Å². The first-order valence-electron chi connectivity index (χ1n) is 9.18. The number of carboxylic acids is 1. The van der Waals surface area contributed by atoms with Crippen LogP contribution in [0.5, 0.6) is 0 Å².